The van der Waals surface area contributed by atoms with Gasteiger partial charge >= 0.3 is 0 Å². The molecule has 1 aliphatic rings. The number of nitrogens with one attached hydrogen (secondary N) is 1. The fourth-order valence-corrected chi connectivity index (χ4v) is 3.88. The van der Waals surface area contributed by atoms with Crippen LogP contribution in [0, 0.1) is 0 Å². The second-order valence-corrected chi connectivity index (χ2v) is 7.81. The quantitative estimate of drug-likeness (QED) is 0.607. The number of rotatable bonds is 7. The van der Waals surface area contributed by atoms with E-state index in [9.17, 15) is 18.7 Å². The van der Waals surface area contributed by atoms with Crippen LogP contribution in [0.2, 0.25) is 0 Å². The van der Waals surface area contributed by atoms with Crippen LogP contribution in [0.25, 0.3) is 21.9 Å². The van der Waals surface area contributed by atoms with Crippen LogP contribution < -0.4 is 10.1 Å². The summed E-state index contributed by atoms with van der Waals surface area (Å²) in [5.41, 5.74) is 2.27. The Hall–Kier alpha value is -3.03. The minimum absolute atomic E-state index is 0.0102. The lowest BCUT2D eigenvalue weighted by Crippen LogP contribution is -2.58. The van der Waals surface area contributed by atoms with Gasteiger partial charge in [0.25, 0.3) is 11.8 Å². The summed E-state index contributed by atoms with van der Waals surface area (Å²) >= 11 is 0. The summed E-state index contributed by atoms with van der Waals surface area (Å²) in [6.07, 6.45) is -0.883. The minimum Gasteiger partial charge on any atom is -0.490 e. The number of β-amino-alcohol motifs (C(OH)–C–C–N with tert-alkyl or cyclic N) is 1. The van der Waals surface area contributed by atoms with E-state index in [4.69, 9.17) is 4.74 Å². The molecule has 1 amide bonds. The second kappa shape index (κ2) is 8.61. The third-order valence-electron chi connectivity index (χ3n) is 5.36. The molecule has 1 heterocycles. The molecule has 4 rings (SSSR count). The maximum atomic E-state index is 13.0. The first-order valence-corrected chi connectivity index (χ1v) is 10.1. The number of aliphatic hydroxyl groups is 1. The maximum Gasteiger partial charge on any atom is 0.272 e. The summed E-state index contributed by atoms with van der Waals surface area (Å²) in [6, 6.07) is 18.9. The first-order chi connectivity index (χ1) is 14.9. The van der Waals surface area contributed by atoms with E-state index in [1.807, 2.05) is 48.5 Å². The highest BCUT2D eigenvalue weighted by atomic mass is 19.3. The number of hydrogen-bond donors (Lipinski definition) is 2. The molecule has 1 unspecified atom stereocenters. The summed E-state index contributed by atoms with van der Waals surface area (Å²) in [7, 11) is 1.58. The van der Waals surface area contributed by atoms with Crippen LogP contribution in [0.1, 0.15) is 10.4 Å². The Kier molecular flexibility index (Phi) is 5.89. The zero-order valence-electron chi connectivity index (χ0n) is 17.1. The molecule has 0 saturated carbocycles. The number of amides is 1. The van der Waals surface area contributed by atoms with E-state index >= 15 is 0 Å². The summed E-state index contributed by atoms with van der Waals surface area (Å²) in [4.78, 5) is 13.4. The fraction of sp³-hybridized carbons (Fsp3) is 0.292. The van der Waals surface area contributed by atoms with E-state index < -0.39 is 12.0 Å². The van der Waals surface area contributed by atoms with Gasteiger partial charge < -0.3 is 15.2 Å². The molecular formula is C24H24F2N2O3. The van der Waals surface area contributed by atoms with E-state index in [2.05, 4.69) is 5.32 Å². The van der Waals surface area contributed by atoms with Gasteiger partial charge in [-0.05, 0) is 34.5 Å². The molecule has 1 fully saturated rings. The largest absolute Gasteiger partial charge is 0.490 e. The van der Waals surface area contributed by atoms with Crippen molar-refractivity contribution in [2.75, 3.05) is 33.3 Å². The van der Waals surface area contributed by atoms with E-state index in [0.29, 0.717) is 11.3 Å². The highest BCUT2D eigenvalue weighted by molar-refractivity contribution is 6.00. The van der Waals surface area contributed by atoms with Gasteiger partial charge in [-0.1, -0.05) is 42.5 Å². The number of nitrogens with zero attached hydrogens (tertiary/aromatic N) is 1. The molecule has 1 aliphatic heterocycles. The molecule has 0 aromatic heterocycles. The Morgan fingerprint density at radius 2 is 1.84 bits per heavy atom. The van der Waals surface area contributed by atoms with E-state index in [1.165, 1.54) is 4.90 Å². The van der Waals surface area contributed by atoms with Crippen molar-refractivity contribution in [1.29, 1.82) is 0 Å². The van der Waals surface area contributed by atoms with Gasteiger partial charge in [-0.15, -0.1) is 0 Å². The Balaban J connectivity index is 1.58. The Bertz CT molecular complexity index is 1080. The van der Waals surface area contributed by atoms with Crippen LogP contribution in [-0.4, -0.2) is 61.2 Å². The van der Waals surface area contributed by atoms with Gasteiger partial charge in [0, 0.05) is 24.7 Å². The zero-order chi connectivity index (χ0) is 22.0. The van der Waals surface area contributed by atoms with Gasteiger partial charge in [-0.3, -0.25) is 9.69 Å². The van der Waals surface area contributed by atoms with Crippen molar-refractivity contribution >= 4 is 16.7 Å². The number of ether oxygens (including phenoxy) is 1. The normalized spacial score (nSPS) is 16.5. The number of benzene rings is 3. The molecule has 0 spiro atoms. The lowest BCUT2D eigenvalue weighted by molar-refractivity contribution is -0.140. The van der Waals surface area contributed by atoms with Crippen molar-refractivity contribution in [3.8, 4) is 16.9 Å². The maximum absolute atomic E-state index is 13.0. The number of halogens is 2. The summed E-state index contributed by atoms with van der Waals surface area (Å²) in [5, 5.41) is 14.9. The summed E-state index contributed by atoms with van der Waals surface area (Å²) in [6.45, 7) is -0.533. The van der Waals surface area contributed by atoms with Gasteiger partial charge in [-0.2, -0.15) is 0 Å². The third kappa shape index (κ3) is 4.68. The molecule has 1 saturated heterocycles. The van der Waals surface area contributed by atoms with Crippen molar-refractivity contribution < 1.29 is 23.4 Å². The van der Waals surface area contributed by atoms with Crippen LogP contribution in [0.3, 0.4) is 0 Å². The van der Waals surface area contributed by atoms with Crippen LogP contribution >= 0.6 is 0 Å². The van der Waals surface area contributed by atoms with Crippen LogP contribution in [0.4, 0.5) is 8.78 Å². The molecule has 31 heavy (non-hydrogen) atoms. The Labute approximate surface area is 179 Å². The standard InChI is InChI=1S/C24H24F2N2O3/c1-27-23(30)18-8-6-17(7-9-18)22-20-5-3-2-4-16(20)10-11-21(22)31-13-19(29)12-28-14-24(25,26)15-28/h2-11,19,29H,12-15H2,1H3,(H,27,30). The Morgan fingerprint density at radius 3 is 2.52 bits per heavy atom. The molecule has 3 aromatic carbocycles. The summed E-state index contributed by atoms with van der Waals surface area (Å²) in [5.74, 6) is -2.24. The predicted molar refractivity (Wildman–Crippen MR) is 116 cm³/mol. The van der Waals surface area contributed by atoms with Crippen molar-refractivity contribution in [1.82, 2.24) is 10.2 Å². The number of fused-ring (bicyclic) bond motifs is 1. The van der Waals surface area contributed by atoms with Crippen molar-refractivity contribution in [2.45, 2.75) is 12.0 Å². The molecule has 5 nitrogen and oxygen atoms in total. The molecule has 0 bridgehead atoms. The number of carbonyl (C=O) groups excluding carboxylic acids is 1. The minimum atomic E-state index is -2.66. The number of hydrogen-bond acceptors (Lipinski definition) is 4. The number of likely N-dealkylation sites (tertiary alicyclic amines) is 1. The zero-order valence-corrected chi connectivity index (χ0v) is 17.1. The number of aliphatic hydroxyl groups excluding tert-OH is 1. The van der Waals surface area contributed by atoms with Crippen molar-refractivity contribution in [3.63, 3.8) is 0 Å². The van der Waals surface area contributed by atoms with Gasteiger partial charge in [-0.25, -0.2) is 8.78 Å². The predicted octanol–water partition coefficient (Wildman–Crippen LogP) is 3.56. The molecule has 7 heteroatoms. The van der Waals surface area contributed by atoms with Gasteiger partial charge in [0.15, 0.2) is 0 Å². The van der Waals surface area contributed by atoms with Crippen LogP contribution in [0.15, 0.2) is 60.7 Å². The lowest BCUT2D eigenvalue weighted by atomic mass is 9.96. The average Bonchev–Trinajstić information content (AvgIpc) is 2.75. The molecule has 162 valence electrons. The van der Waals surface area contributed by atoms with Crippen molar-refractivity contribution in [2.24, 2.45) is 0 Å². The SMILES string of the molecule is CNC(=O)c1ccc(-c2c(OCC(O)CN3CC(F)(F)C3)ccc3ccccc23)cc1. The molecule has 2 N–H and O–H groups in total. The van der Waals surface area contributed by atoms with Gasteiger partial charge in [0.05, 0.1) is 13.1 Å². The second-order valence-electron chi connectivity index (χ2n) is 7.81. The smallest absolute Gasteiger partial charge is 0.272 e. The highest BCUT2D eigenvalue weighted by Gasteiger charge is 2.44. The number of carbonyl (C=O) groups is 1. The first kappa shape index (κ1) is 21.2. The lowest BCUT2D eigenvalue weighted by Gasteiger charge is -2.39. The molecule has 3 aromatic rings. The fourth-order valence-electron chi connectivity index (χ4n) is 3.88. The molecule has 1 atom stereocenters. The topological polar surface area (TPSA) is 61.8 Å². The monoisotopic (exact) mass is 426 g/mol. The van der Waals surface area contributed by atoms with Gasteiger partial charge in [0.2, 0.25) is 0 Å². The van der Waals surface area contributed by atoms with Gasteiger partial charge in [0.1, 0.15) is 18.5 Å². The highest BCUT2D eigenvalue weighted by Crippen LogP contribution is 2.37. The number of alkyl halides is 2. The molecular weight excluding hydrogens is 402 g/mol. The van der Waals surface area contributed by atoms with Crippen molar-refractivity contribution in [3.05, 3.63) is 66.2 Å². The first-order valence-electron chi connectivity index (χ1n) is 10.1. The average molecular weight is 426 g/mol. The van der Waals surface area contributed by atoms with Crippen LogP contribution in [-0.2, 0) is 0 Å². The molecule has 0 radical (unpaired) electrons. The summed E-state index contributed by atoms with van der Waals surface area (Å²) < 4.78 is 31.9. The van der Waals surface area contributed by atoms with Crippen LogP contribution in [0.5, 0.6) is 5.75 Å². The van der Waals surface area contributed by atoms with E-state index in [0.717, 1.165) is 21.9 Å². The van der Waals surface area contributed by atoms with E-state index in [1.54, 1.807) is 19.2 Å². The van der Waals surface area contributed by atoms with E-state index in [-0.39, 0.29) is 32.1 Å². The third-order valence-corrected chi connectivity index (χ3v) is 5.36. The molecule has 0 aliphatic carbocycles. The Morgan fingerprint density at radius 1 is 1.13 bits per heavy atom.